The normalized spacial score (nSPS) is 13.4. The molecule has 0 saturated carbocycles. The topological polar surface area (TPSA) is 90.7 Å². The Balaban J connectivity index is 1.90. The Bertz CT molecular complexity index is 783. The number of fused-ring (bicyclic) bond motifs is 1. The minimum Gasteiger partial charge on any atom is -0.454 e. The molecule has 6 nitrogen and oxygen atoms in total. The van der Waals surface area contributed by atoms with E-state index >= 15 is 0 Å². The van der Waals surface area contributed by atoms with Crippen LogP contribution in [0.2, 0.25) is 0 Å². The van der Waals surface area contributed by atoms with Gasteiger partial charge in [0, 0.05) is 22.4 Å². The van der Waals surface area contributed by atoms with Crippen molar-refractivity contribution in [3.63, 3.8) is 0 Å². The van der Waals surface area contributed by atoms with Crippen LogP contribution in [0.15, 0.2) is 29.2 Å². The van der Waals surface area contributed by atoms with E-state index in [4.69, 9.17) is 15.2 Å². The lowest BCUT2D eigenvalue weighted by Gasteiger charge is -2.08. The van der Waals surface area contributed by atoms with Gasteiger partial charge in [-0.05, 0) is 25.1 Å². The molecular formula is C13H14N2O4S2. The highest BCUT2D eigenvalue weighted by Crippen LogP contribution is 2.35. The number of aryl methyl sites for hydroxylation is 1. The summed E-state index contributed by atoms with van der Waals surface area (Å²) in [6, 6.07) is 6.52. The minimum atomic E-state index is -3.64. The van der Waals surface area contributed by atoms with E-state index in [0.29, 0.717) is 28.6 Å². The lowest BCUT2D eigenvalue weighted by Crippen LogP contribution is -2.13. The van der Waals surface area contributed by atoms with Crippen molar-refractivity contribution in [3.05, 3.63) is 34.0 Å². The summed E-state index contributed by atoms with van der Waals surface area (Å²) >= 11 is 1.38. The van der Waals surface area contributed by atoms with Crippen molar-refractivity contribution < 1.29 is 17.9 Å². The maximum Gasteiger partial charge on any atom is 0.263 e. The second kappa shape index (κ2) is 5.21. The second-order valence-electron chi connectivity index (χ2n) is 4.51. The van der Waals surface area contributed by atoms with Crippen LogP contribution in [0.4, 0.5) is 5.69 Å². The van der Waals surface area contributed by atoms with Crippen molar-refractivity contribution in [2.24, 2.45) is 5.73 Å². The van der Waals surface area contributed by atoms with Gasteiger partial charge in [0.25, 0.3) is 10.0 Å². The molecule has 1 aliphatic heterocycles. The Morgan fingerprint density at radius 2 is 2.05 bits per heavy atom. The second-order valence-corrected chi connectivity index (χ2v) is 7.50. The molecule has 0 saturated heterocycles. The number of sulfonamides is 1. The Kier molecular flexibility index (Phi) is 3.52. The number of ether oxygens (including phenoxy) is 2. The molecule has 1 aliphatic rings. The van der Waals surface area contributed by atoms with Crippen LogP contribution in [-0.4, -0.2) is 15.2 Å². The monoisotopic (exact) mass is 326 g/mol. The van der Waals surface area contributed by atoms with Crippen LogP contribution >= 0.6 is 11.3 Å². The number of hydrogen-bond donors (Lipinski definition) is 2. The first-order chi connectivity index (χ1) is 9.99. The molecule has 0 amide bonds. The molecule has 2 heterocycles. The summed E-state index contributed by atoms with van der Waals surface area (Å²) in [6.45, 7) is 2.23. The number of thiophene rings is 1. The van der Waals surface area contributed by atoms with E-state index in [1.165, 1.54) is 11.3 Å². The Morgan fingerprint density at radius 1 is 1.29 bits per heavy atom. The summed E-state index contributed by atoms with van der Waals surface area (Å²) in [6.07, 6.45) is 0. The molecule has 8 heteroatoms. The smallest absolute Gasteiger partial charge is 0.263 e. The van der Waals surface area contributed by atoms with Crippen molar-refractivity contribution in [2.45, 2.75) is 18.4 Å². The van der Waals surface area contributed by atoms with Gasteiger partial charge in [-0.1, -0.05) is 0 Å². The molecule has 0 unspecified atom stereocenters. The molecule has 2 aromatic rings. The van der Waals surface area contributed by atoms with Gasteiger partial charge >= 0.3 is 0 Å². The van der Waals surface area contributed by atoms with Crippen molar-refractivity contribution in [2.75, 3.05) is 11.5 Å². The zero-order chi connectivity index (χ0) is 15.0. The van der Waals surface area contributed by atoms with Gasteiger partial charge in [-0.25, -0.2) is 8.42 Å². The Morgan fingerprint density at radius 3 is 2.76 bits per heavy atom. The zero-order valence-corrected chi connectivity index (χ0v) is 12.9. The molecule has 3 rings (SSSR count). The van der Waals surface area contributed by atoms with E-state index in [1.54, 1.807) is 31.2 Å². The van der Waals surface area contributed by atoms with E-state index in [-0.39, 0.29) is 11.7 Å². The van der Waals surface area contributed by atoms with Crippen molar-refractivity contribution in [3.8, 4) is 11.5 Å². The molecule has 0 atom stereocenters. The number of hydrogen-bond acceptors (Lipinski definition) is 6. The van der Waals surface area contributed by atoms with E-state index < -0.39 is 10.0 Å². The Hall–Kier alpha value is -1.77. The van der Waals surface area contributed by atoms with Crippen molar-refractivity contribution in [1.29, 1.82) is 0 Å². The summed E-state index contributed by atoms with van der Waals surface area (Å²) in [7, 11) is -3.64. The first-order valence-electron chi connectivity index (χ1n) is 6.21. The zero-order valence-electron chi connectivity index (χ0n) is 11.3. The predicted octanol–water partition coefficient (Wildman–Crippen LogP) is 2.04. The summed E-state index contributed by atoms with van der Waals surface area (Å²) in [4.78, 5) is 1.80. The van der Waals surface area contributed by atoms with Crippen LogP contribution in [0.3, 0.4) is 0 Å². The quantitative estimate of drug-likeness (QED) is 0.897. The fraction of sp³-hybridized carbons (Fsp3) is 0.231. The molecule has 1 aromatic heterocycles. The number of benzene rings is 1. The third-order valence-corrected chi connectivity index (χ3v) is 5.75. The average molecular weight is 326 g/mol. The highest BCUT2D eigenvalue weighted by molar-refractivity contribution is 7.93. The third-order valence-electron chi connectivity index (χ3n) is 3.04. The van der Waals surface area contributed by atoms with Gasteiger partial charge < -0.3 is 15.2 Å². The van der Waals surface area contributed by atoms with Gasteiger partial charge in [-0.3, -0.25) is 4.72 Å². The van der Waals surface area contributed by atoms with Gasteiger partial charge in [0.1, 0.15) is 4.90 Å². The Labute approximate surface area is 126 Å². The molecule has 3 N–H and O–H groups in total. The maximum absolute atomic E-state index is 12.4. The largest absolute Gasteiger partial charge is 0.454 e. The number of nitrogens with two attached hydrogens (primary N) is 1. The standard InChI is InChI=1S/C13H14N2O4S2/c1-8-13(5-10(6-14)20-8)21(16,17)15-9-2-3-11-12(4-9)19-7-18-11/h2-5,15H,6-7,14H2,1H3. The third kappa shape index (κ3) is 2.69. The fourth-order valence-electron chi connectivity index (χ4n) is 2.06. The molecule has 0 bridgehead atoms. The van der Waals surface area contributed by atoms with Crippen LogP contribution in [-0.2, 0) is 16.6 Å². The van der Waals surface area contributed by atoms with E-state index in [1.807, 2.05) is 0 Å². The van der Waals surface area contributed by atoms with Crippen molar-refractivity contribution >= 4 is 27.0 Å². The minimum absolute atomic E-state index is 0.148. The van der Waals surface area contributed by atoms with Gasteiger partial charge in [0.15, 0.2) is 11.5 Å². The highest BCUT2D eigenvalue weighted by atomic mass is 32.2. The van der Waals surface area contributed by atoms with Crippen LogP contribution in [0.5, 0.6) is 11.5 Å². The summed E-state index contributed by atoms with van der Waals surface area (Å²) in [5.41, 5.74) is 5.98. The van der Waals surface area contributed by atoms with Gasteiger partial charge in [0.05, 0.1) is 5.69 Å². The molecule has 1 aromatic carbocycles. The van der Waals surface area contributed by atoms with Crippen molar-refractivity contribution in [1.82, 2.24) is 0 Å². The number of rotatable bonds is 4. The first-order valence-corrected chi connectivity index (χ1v) is 8.51. The molecule has 0 fully saturated rings. The molecule has 112 valence electrons. The SMILES string of the molecule is Cc1sc(CN)cc1S(=O)(=O)Nc1ccc2c(c1)OCO2. The lowest BCUT2D eigenvalue weighted by atomic mass is 10.3. The average Bonchev–Trinajstić information content (AvgIpc) is 3.04. The van der Waals surface area contributed by atoms with Crippen LogP contribution in [0.25, 0.3) is 0 Å². The molecular weight excluding hydrogens is 312 g/mol. The van der Waals surface area contributed by atoms with Gasteiger partial charge in [-0.15, -0.1) is 11.3 Å². The van der Waals surface area contributed by atoms with E-state index in [0.717, 1.165) is 4.88 Å². The summed E-state index contributed by atoms with van der Waals surface area (Å²) in [5, 5.41) is 0. The lowest BCUT2D eigenvalue weighted by molar-refractivity contribution is 0.174. The van der Waals surface area contributed by atoms with Crippen LogP contribution in [0, 0.1) is 6.92 Å². The predicted molar refractivity (Wildman–Crippen MR) is 80.3 cm³/mol. The number of anilines is 1. The summed E-state index contributed by atoms with van der Waals surface area (Å²) in [5.74, 6) is 1.13. The van der Waals surface area contributed by atoms with Gasteiger partial charge in [0.2, 0.25) is 6.79 Å². The molecule has 21 heavy (non-hydrogen) atoms. The van der Waals surface area contributed by atoms with Crippen LogP contribution in [0.1, 0.15) is 9.75 Å². The summed E-state index contributed by atoms with van der Waals surface area (Å²) < 4.78 is 37.8. The van der Waals surface area contributed by atoms with E-state index in [2.05, 4.69) is 4.72 Å². The molecule has 0 aliphatic carbocycles. The van der Waals surface area contributed by atoms with E-state index in [9.17, 15) is 8.42 Å². The first kappa shape index (κ1) is 14.2. The maximum atomic E-state index is 12.4. The molecule has 0 radical (unpaired) electrons. The molecule has 0 spiro atoms. The van der Waals surface area contributed by atoms with Gasteiger partial charge in [-0.2, -0.15) is 0 Å². The van der Waals surface area contributed by atoms with Crippen LogP contribution < -0.4 is 19.9 Å². The highest BCUT2D eigenvalue weighted by Gasteiger charge is 2.21. The fourth-order valence-corrected chi connectivity index (χ4v) is 4.63. The number of nitrogens with one attached hydrogen (secondary N) is 1.